The molecule has 1 aromatic rings. The summed E-state index contributed by atoms with van der Waals surface area (Å²) < 4.78 is 12.9. The maximum atomic E-state index is 12.9. The van der Waals surface area contributed by atoms with Gasteiger partial charge in [0.25, 0.3) is 0 Å². The highest BCUT2D eigenvalue weighted by molar-refractivity contribution is 8.00. The Hall–Kier alpha value is -0.770. The number of fused-ring (bicyclic) bond motifs is 2. The zero-order valence-corrected chi connectivity index (χ0v) is 8.51. The summed E-state index contributed by atoms with van der Waals surface area (Å²) in [6.07, 6.45) is 1.24. The van der Waals surface area contributed by atoms with Gasteiger partial charge in [-0.3, -0.25) is 0 Å². The molecule has 74 valence electrons. The Morgan fingerprint density at radius 2 is 2.43 bits per heavy atom. The van der Waals surface area contributed by atoms with Crippen LogP contribution < -0.4 is 4.90 Å². The first-order chi connectivity index (χ1) is 6.83. The third-order valence-corrected chi connectivity index (χ3v) is 4.29. The van der Waals surface area contributed by atoms with Crippen molar-refractivity contribution >= 4 is 17.6 Å². The van der Waals surface area contributed by atoms with E-state index < -0.39 is 0 Å². The standard InChI is InChI=1S/C10H11FN2S/c11-9-2-1-3-10(12-9)13-5-8-4-7(13)6-14-8/h1-3,7-8H,4-6H2. The summed E-state index contributed by atoms with van der Waals surface area (Å²) in [5.74, 6) is 1.60. The van der Waals surface area contributed by atoms with Crippen LogP contribution in [0.15, 0.2) is 18.2 Å². The molecule has 0 radical (unpaired) electrons. The van der Waals surface area contributed by atoms with Crippen molar-refractivity contribution in [2.45, 2.75) is 17.7 Å². The average molecular weight is 210 g/mol. The highest BCUT2D eigenvalue weighted by Gasteiger charge is 2.39. The Morgan fingerprint density at radius 3 is 3.07 bits per heavy atom. The molecular formula is C10H11FN2S. The number of aromatic nitrogens is 1. The zero-order valence-electron chi connectivity index (χ0n) is 7.69. The minimum absolute atomic E-state index is 0.377. The second-order valence-corrected chi connectivity index (χ2v) is 5.15. The van der Waals surface area contributed by atoms with E-state index in [1.54, 1.807) is 6.07 Å². The number of nitrogens with zero attached hydrogens (tertiary/aromatic N) is 2. The van der Waals surface area contributed by atoms with Gasteiger partial charge in [-0.2, -0.15) is 16.2 Å². The van der Waals surface area contributed by atoms with Crippen LogP contribution in [0.3, 0.4) is 0 Å². The van der Waals surface area contributed by atoms with Crippen LogP contribution >= 0.6 is 11.8 Å². The van der Waals surface area contributed by atoms with Crippen molar-refractivity contribution in [3.63, 3.8) is 0 Å². The van der Waals surface area contributed by atoms with Gasteiger partial charge in [0.1, 0.15) is 5.82 Å². The van der Waals surface area contributed by atoms with Crippen molar-refractivity contribution in [3.8, 4) is 0 Å². The topological polar surface area (TPSA) is 16.1 Å². The van der Waals surface area contributed by atoms with E-state index in [1.807, 2.05) is 17.8 Å². The van der Waals surface area contributed by atoms with Gasteiger partial charge in [-0.15, -0.1) is 0 Å². The van der Waals surface area contributed by atoms with E-state index in [4.69, 9.17) is 0 Å². The van der Waals surface area contributed by atoms with Gasteiger partial charge in [-0.05, 0) is 18.6 Å². The van der Waals surface area contributed by atoms with Crippen LogP contribution in [-0.4, -0.2) is 28.6 Å². The minimum atomic E-state index is -0.377. The van der Waals surface area contributed by atoms with Crippen LogP contribution in [0.2, 0.25) is 0 Å². The highest BCUT2D eigenvalue weighted by atomic mass is 32.2. The molecule has 2 nitrogen and oxygen atoms in total. The lowest BCUT2D eigenvalue weighted by Gasteiger charge is -2.27. The Bertz CT molecular complexity index is 358. The van der Waals surface area contributed by atoms with Gasteiger partial charge in [0.2, 0.25) is 5.95 Å². The molecule has 2 unspecified atom stereocenters. The van der Waals surface area contributed by atoms with E-state index in [9.17, 15) is 4.39 Å². The lowest BCUT2D eigenvalue weighted by atomic mass is 10.2. The molecule has 3 rings (SSSR count). The lowest BCUT2D eigenvalue weighted by molar-refractivity contribution is 0.580. The fourth-order valence-electron chi connectivity index (χ4n) is 2.24. The molecular weight excluding hydrogens is 199 g/mol. The van der Waals surface area contributed by atoms with Crippen LogP contribution in [0.4, 0.5) is 10.2 Å². The SMILES string of the molecule is Fc1cccc(N2CC3CC2CS3)n1. The summed E-state index contributed by atoms with van der Waals surface area (Å²) in [6, 6.07) is 5.61. The van der Waals surface area contributed by atoms with Crippen LogP contribution in [0.25, 0.3) is 0 Å². The largest absolute Gasteiger partial charge is 0.352 e. The molecule has 4 heteroatoms. The molecule has 0 spiro atoms. The summed E-state index contributed by atoms with van der Waals surface area (Å²) in [5, 5.41) is 0.741. The van der Waals surface area contributed by atoms with E-state index in [0.29, 0.717) is 6.04 Å². The van der Waals surface area contributed by atoms with Crippen LogP contribution in [0.5, 0.6) is 0 Å². The minimum Gasteiger partial charge on any atom is -0.352 e. The van der Waals surface area contributed by atoms with Gasteiger partial charge < -0.3 is 4.90 Å². The second-order valence-electron chi connectivity index (χ2n) is 3.82. The van der Waals surface area contributed by atoms with Crippen molar-refractivity contribution < 1.29 is 4.39 Å². The summed E-state index contributed by atoms with van der Waals surface area (Å²) >= 11 is 2.03. The van der Waals surface area contributed by atoms with Crippen molar-refractivity contribution in [1.29, 1.82) is 0 Å². The summed E-state index contributed by atoms with van der Waals surface area (Å²) in [4.78, 5) is 6.16. The molecule has 0 aliphatic carbocycles. The number of hydrogen-bond donors (Lipinski definition) is 0. The molecule has 2 aliphatic heterocycles. The number of thioether (sulfide) groups is 1. The average Bonchev–Trinajstić information content (AvgIpc) is 2.78. The molecule has 2 bridgehead atoms. The monoisotopic (exact) mass is 210 g/mol. The summed E-state index contributed by atoms with van der Waals surface area (Å²) in [6.45, 7) is 1.03. The second kappa shape index (κ2) is 3.12. The highest BCUT2D eigenvalue weighted by Crippen LogP contribution is 2.39. The Labute approximate surface area is 86.5 Å². The maximum absolute atomic E-state index is 12.9. The quantitative estimate of drug-likeness (QED) is 0.659. The van der Waals surface area contributed by atoms with Gasteiger partial charge >= 0.3 is 0 Å². The number of halogens is 1. The molecule has 0 amide bonds. The first kappa shape index (κ1) is 8.53. The summed E-state index contributed by atoms with van der Waals surface area (Å²) in [5.41, 5.74) is 0. The molecule has 0 N–H and O–H groups in total. The number of pyridine rings is 1. The predicted octanol–water partition coefficient (Wildman–Crippen LogP) is 1.91. The Kier molecular flexibility index (Phi) is 1.90. The molecule has 3 heterocycles. The molecule has 0 saturated carbocycles. The first-order valence-electron chi connectivity index (χ1n) is 4.84. The van der Waals surface area contributed by atoms with E-state index in [1.165, 1.54) is 18.2 Å². The van der Waals surface area contributed by atoms with Crippen LogP contribution in [0, 0.1) is 5.95 Å². The number of hydrogen-bond acceptors (Lipinski definition) is 3. The Balaban J connectivity index is 1.89. The third-order valence-electron chi connectivity index (χ3n) is 2.90. The fourth-order valence-corrected chi connectivity index (χ4v) is 3.67. The van der Waals surface area contributed by atoms with E-state index in [2.05, 4.69) is 9.88 Å². The van der Waals surface area contributed by atoms with Crippen molar-refractivity contribution in [1.82, 2.24) is 4.98 Å². The molecule has 2 aliphatic rings. The molecule has 1 aromatic heterocycles. The normalized spacial score (nSPS) is 29.9. The van der Waals surface area contributed by atoms with Gasteiger partial charge in [0, 0.05) is 23.6 Å². The molecule has 2 fully saturated rings. The molecule has 14 heavy (non-hydrogen) atoms. The number of anilines is 1. The number of rotatable bonds is 1. The fraction of sp³-hybridized carbons (Fsp3) is 0.500. The van der Waals surface area contributed by atoms with Crippen molar-refractivity contribution in [2.24, 2.45) is 0 Å². The van der Waals surface area contributed by atoms with Gasteiger partial charge in [0.15, 0.2) is 0 Å². The van der Waals surface area contributed by atoms with E-state index in [0.717, 1.165) is 17.6 Å². The maximum Gasteiger partial charge on any atom is 0.214 e. The van der Waals surface area contributed by atoms with Gasteiger partial charge in [-0.1, -0.05) is 6.07 Å². The molecule has 2 atom stereocenters. The first-order valence-corrected chi connectivity index (χ1v) is 5.88. The third kappa shape index (κ3) is 1.29. The van der Waals surface area contributed by atoms with Crippen molar-refractivity contribution in [3.05, 3.63) is 24.1 Å². The van der Waals surface area contributed by atoms with Gasteiger partial charge in [0.05, 0.1) is 0 Å². The van der Waals surface area contributed by atoms with Gasteiger partial charge in [-0.25, -0.2) is 4.98 Å². The van der Waals surface area contributed by atoms with Crippen LogP contribution in [-0.2, 0) is 0 Å². The molecule has 2 saturated heterocycles. The predicted molar refractivity (Wildman–Crippen MR) is 56.2 cm³/mol. The van der Waals surface area contributed by atoms with E-state index >= 15 is 0 Å². The van der Waals surface area contributed by atoms with Crippen molar-refractivity contribution in [2.75, 3.05) is 17.2 Å². The summed E-state index contributed by atoms with van der Waals surface area (Å²) in [7, 11) is 0. The zero-order chi connectivity index (χ0) is 9.54. The van der Waals surface area contributed by atoms with E-state index in [-0.39, 0.29) is 5.95 Å². The lowest BCUT2D eigenvalue weighted by Crippen LogP contribution is -2.34. The smallest absolute Gasteiger partial charge is 0.214 e. The Morgan fingerprint density at radius 1 is 1.50 bits per heavy atom. The molecule has 0 aromatic carbocycles. The van der Waals surface area contributed by atoms with Crippen LogP contribution in [0.1, 0.15) is 6.42 Å².